The number of hydrogen-bond donors (Lipinski definition) is 2. The summed E-state index contributed by atoms with van der Waals surface area (Å²) in [5.74, 6) is -0.417. The summed E-state index contributed by atoms with van der Waals surface area (Å²) in [5, 5.41) is 10.7. The number of aromatic amines is 1. The molecule has 1 atom stereocenters. The molecule has 1 fully saturated rings. The zero-order chi connectivity index (χ0) is 16.6. The first-order valence-electron chi connectivity index (χ1n) is 7.89. The summed E-state index contributed by atoms with van der Waals surface area (Å²) < 4.78 is 4.79. The van der Waals surface area contributed by atoms with Crippen LogP contribution in [0.3, 0.4) is 0 Å². The van der Waals surface area contributed by atoms with Crippen LogP contribution in [-0.2, 0) is 4.74 Å². The van der Waals surface area contributed by atoms with Crippen molar-refractivity contribution >= 4 is 17.0 Å². The molecule has 2 aromatic rings. The first kappa shape index (κ1) is 16.0. The Labute approximate surface area is 135 Å². The van der Waals surface area contributed by atoms with E-state index >= 15 is 0 Å². The minimum Gasteiger partial charge on any atom is -0.465 e. The number of hydrogen-bond acceptors (Lipinski definition) is 5. The highest BCUT2D eigenvalue weighted by molar-refractivity contribution is 6.01. The van der Waals surface area contributed by atoms with Gasteiger partial charge in [-0.1, -0.05) is 13.8 Å². The van der Waals surface area contributed by atoms with Crippen LogP contribution in [0.1, 0.15) is 49.0 Å². The van der Waals surface area contributed by atoms with Gasteiger partial charge in [-0.25, -0.2) is 4.79 Å². The average Bonchev–Trinajstić information content (AvgIpc) is 2.97. The second-order valence-corrected chi connectivity index (χ2v) is 6.91. The Morgan fingerprint density at radius 2 is 2.13 bits per heavy atom. The molecule has 2 aromatic heterocycles. The van der Waals surface area contributed by atoms with Gasteiger partial charge in [-0.05, 0) is 30.4 Å². The van der Waals surface area contributed by atoms with E-state index in [2.05, 4.69) is 23.8 Å². The van der Waals surface area contributed by atoms with E-state index < -0.39 is 12.2 Å². The quantitative estimate of drug-likeness (QED) is 0.850. The molecule has 6 nitrogen and oxygen atoms in total. The first-order valence-corrected chi connectivity index (χ1v) is 7.89. The van der Waals surface area contributed by atoms with Gasteiger partial charge in [-0.2, -0.15) is 0 Å². The summed E-state index contributed by atoms with van der Waals surface area (Å²) in [7, 11) is 1.35. The highest BCUT2D eigenvalue weighted by Gasteiger charge is 2.30. The van der Waals surface area contributed by atoms with Gasteiger partial charge in [-0.15, -0.1) is 0 Å². The highest BCUT2D eigenvalue weighted by atomic mass is 16.5. The number of aromatic nitrogens is 2. The molecule has 0 amide bonds. The number of aliphatic hydroxyl groups is 1. The molecule has 1 aliphatic heterocycles. The number of nitrogens with zero attached hydrogens (tertiary/aromatic N) is 2. The summed E-state index contributed by atoms with van der Waals surface area (Å²) in [6.07, 6.45) is 2.96. The molecule has 0 aromatic carbocycles. The summed E-state index contributed by atoms with van der Waals surface area (Å²) >= 11 is 0. The molecule has 3 heterocycles. The molecule has 2 N–H and O–H groups in total. The molecular formula is C17H23N3O3. The van der Waals surface area contributed by atoms with E-state index in [1.54, 1.807) is 18.3 Å². The molecular weight excluding hydrogens is 294 g/mol. The number of pyridine rings is 1. The van der Waals surface area contributed by atoms with Gasteiger partial charge in [0.1, 0.15) is 6.23 Å². The van der Waals surface area contributed by atoms with E-state index in [0.717, 1.165) is 25.9 Å². The highest BCUT2D eigenvalue weighted by Crippen LogP contribution is 2.33. The van der Waals surface area contributed by atoms with Gasteiger partial charge in [0, 0.05) is 19.3 Å². The number of rotatable bonds is 3. The second kappa shape index (κ2) is 5.94. The molecule has 124 valence electrons. The number of ether oxygens (including phenoxy) is 1. The topological polar surface area (TPSA) is 78.5 Å². The third-order valence-corrected chi connectivity index (χ3v) is 4.72. The van der Waals surface area contributed by atoms with Crippen molar-refractivity contribution in [2.45, 2.75) is 32.9 Å². The number of H-pyrrole nitrogens is 1. The van der Waals surface area contributed by atoms with Crippen molar-refractivity contribution in [2.75, 3.05) is 20.2 Å². The lowest BCUT2D eigenvalue weighted by atomic mass is 9.82. The first-order chi connectivity index (χ1) is 10.9. The SMILES string of the molecule is COC(=O)c1ccnc2cc(C(O)N3CCC(C)(C)CC3)[nH]c12. The van der Waals surface area contributed by atoms with Gasteiger partial charge >= 0.3 is 5.97 Å². The Morgan fingerprint density at radius 1 is 1.43 bits per heavy atom. The fraction of sp³-hybridized carbons (Fsp3) is 0.529. The number of nitrogens with one attached hydrogen (secondary N) is 1. The van der Waals surface area contributed by atoms with Crippen LogP contribution >= 0.6 is 0 Å². The fourth-order valence-corrected chi connectivity index (χ4v) is 3.04. The van der Waals surface area contributed by atoms with Gasteiger partial charge in [0.05, 0.1) is 29.4 Å². The standard InChI is InChI=1S/C17H23N3O3/c1-17(2)5-8-20(9-6-17)15(21)13-10-12-14(19-13)11(4-7-18-12)16(22)23-3/h4,7,10,15,19,21H,5-6,8-9H2,1-3H3. The van der Waals surface area contributed by atoms with Crippen molar-refractivity contribution in [3.05, 3.63) is 29.6 Å². The van der Waals surface area contributed by atoms with Crippen LogP contribution < -0.4 is 0 Å². The summed E-state index contributed by atoms with van der Waals surface area (Å²) in [6, 6.07) is 3.41. The van der Waals surface area contributed by atoms with Gasteiger partial charge in [0.25, 0.3) is 0 Å². The predicted octanol–water partition coefficient (Wildman–Crippen LogP) is 2.46. The Balaban J connectivity index is 1.87. The van der Waals surface area contributed by atoms with Crippen molar-refractivity contribution in [1.82, 2.24) is 14.9 Å². The zero-order valence-corrected chi connectivity index (χ0v) is 13.8. The Hall–Kier alpha value is -1.92. The third kappa shape index (κ3) is 3.09. The van der Waals surface area contributed by atoms with Crippen molar-refractivity contribution < 1.29 is 14.6 Å². The smallest absolute Gasteiger partial charge is 0.340 e. The number of carbonyl (C=O) groups excluding carboxylic acids is 1. The number of piperidine rings is 1. The van der Waals surface area contributed by atoms with Crippen LogP contribution in [0.5, 0.6) is 0 Å². The van der Waals surface area contributed by atoms with Crippen LogP contribution in [0.2, 0.25) is 0 Å². The monoisotopic (exact) mass is 317 g/mol. The van der Waals surface area contributed by atoms with Crippen molar-refractivity contribution in [3.8, 4) is 0 Å². The summed E-state index contributed by atoms with van der Waals surface area (Å²) in [6.45, 7) is 6.21. The van der Waals surface area contributed by atoms with E-state index in [0.29, 0.717) is 27.7 Å². The maximum atomic E-state index is 11.8. The fourth-order valence-electron chi connectivity index (χ4n) is 3.04. The molecule has 23 heavy (non-hydrogen) atoms. The lowest BCUT2D eigenvalue weighted by molar-refractivity contribution is -0.0326. The Morgan fingerprint density at radius 3 is 2.78 bits per heavy atom. The number of carbonyl (C=O) groups is 1. The van der Waals surface area contributed by atoms with Gasteiger partial charge in [0.2, 0.25) is 0 Å². The van der Waals surface area contributed by atoms with Gasteiger partial charge in [-0.3, -0.25) is 9.88 Å². The lowest BCUT2D eigenvalue weighted by Crippen LogP contribution is -2.39. The zero-order valence-electron chi connectivity index (χ0n) is 13.8. The molecule has 0 bridgehead atoms. The molecule has 3 rings (SSSR count). The predicted molar refractivity (Wildman–Crippen MR) is 87.0 cm³/mol. The third-order valence-electron chi connectivity index (χ3n) is 4.72. The number of esters is 1. The lowest BCUT2D eigenvalue weighted by Gasteiger charge is -2.38. The molecule has 6 heteroatoms. The molecule has 0 saturated carbocycles. The van der Waals surface area contributed by atoms with Crippen LogP contribution in [0, 0.1) is 5.41 Å². The van der Waals surface area contributed by atoms with E-state index in [1.807, 2.05) is 4.90 Å². The van der Waals surface area contributed by atoms with E-state index in [-0.39, 0.29) is 0 Å². The Bertz CT molecular complexity index is 713. The van der Waals surface area contributed by atoms with Crippen molar-refractivity contribution in [3.63, 3.8) is 0 Å². The summed E-state index contributed by atoms with van der Waals surface area (Å²) in [5.41, 5.74) is 2.67. The van der Waals surface area contributed by atoms with Crippen LogP contribution in [-0.4, -0.2) is 46.1 Å². The van der Waals surface area contributed by atoms with E-state index in [1.165, 1.54) is 7.11 Å². The molecule has 0 spiro atoms. The number of methoxy groups -OCH3 is 1. The number of aliphatic hydroxyl groups excluding tert-OH is 1. The normalized spacial score (nSPS) is 19.7. The molecule has 1 aliphatic rings. The van der Waals surface area contributed by atoms with Crippen LogP contribution in [0.25, 0.3) is 11.0 Å². The van der Waals surface area contributed by atoms with Crippen LogP contribution in [0.15, 0.2) is 18.3 Å². The molecule has 1 unspecified atom stereocenters. The van der Waals surface area contributed by atoms with Crippen molar-refractivity contribution in [2.24, 2.45) is 5.41 Å². The number of fused-ring (bicyclic) bond motifs is 1. The summed E-state index contributed by atoms with van der Waals surface area (Å²) in [4.78, 5) is 21.3. The van der Waals surface area contributed by atoms with Crippen molar-refractivity contribution in [1.29, 1.82) is 0 Å². The van der Waals surface area contributed by atoms with Gasteiger partial charge < -0.3 is 14.8 Å². The van der Waals surface area contributed by atoms with E-state index in [9.17, 15) is 9.90 Å². The minimum absolute atomic E-state index is 0.330. The van der Waals surface area contributed by atoms with Gasteiger partial charge in [0.15, 0.2) is 0 Å². The molecule has 0 aliphatic carbocycles. The average molecular weight is 317 g/mol. The number of likely N-dealkylation sites (tertiary alicyclic amines) is 1. The molecule has 0 radical (unpaired) electrons. The van der Waals surface area contributed by atoms with Crippen LogP contribution in [0.4, 0.5) is 0 Å². The minimum atomic E-state index is -0.717. The van der Waals surface area contributed by atoms with E-state index in [4.69, 9.17) is 4.74 Å². The molecule has 1 saturated heterocycles. The maximum absolute atomic E-state index is 11.8. The second-order valence-electron chi connectivity index (χ2n) is 6.91. The maximum Gasteiger partial charge on any atom is 0.340 e. The Kier molecular flexibility index (Phi) is 4.12. The largest absolute Gasteiger partial charge is 0.465 e.